The molecular formula is C34H41F4N5O4S. The third-order valence-electron chi connectivity index (χ3n) is 9.46. The fourth-order valence-electron chi connectivity index (χ4n) is 6.16. The third kappa shape index (κ3) is 7.49. The van der Waals surface area contributed by atoms with E-state index >= 15 is 0 Å². The normalized spacial score (nSPS) is 19.4. The first-order valence-electron chi connectivity index (χ1n) is 15.9. The van der Waals surface area contributed by atoms with Gasteiger partial charge in [-0.05, 0) is 42.4 Å². The quantitative estimate of drug-likeness (QED) is 0.119. The number of rotatable bonds is 12. The summed E-state index contributed by atoms with van der Waals surface area (Å²) in [6.45, 7) is 7.21. The van der Waals surface area contributed by atoms with E-state index in [1.165, 1.54) is 30.3 Å². The number of aliphatic hydroxyl groups is 1. The van der Waals surface area contributed by atoms with Crippen molar-refractivity contribution in [2.24, 2.45) is 17.6 Å². The number of nitrogens with two attached hydrogens (primary N) is 1. The number of carbonyl (C=O) groups is 3. The van der Waals surface area contributed by atoms with Crippen molar-refractivity contribution in [3.8, 4) is 0 Å². The number of aliphatic hydroxyl groups excluding tert-OH is 1. The number of benzene rings is 2. The van der Waals surface area contributed by atoms with Gasteiger partial charge in [0.15, 0.2) is 6.10 Å². The highest BCUT2D eigenvalue weighted by Crippen LogP contribution is 2.40. The lowest BCUT2D eigenvalue weighted by Gasteiger charge is -2.40. The number of nitrogens with one attached hydrogen (secondary N) is 4. The van der Waals surface area contributed by atoms with E-state index in [1.54, 1.807) is 13.8 Å². The molecule has 3 aromatic rings. The Kier molecular flexibility index (Phi) is 11.2. The summed E-state index contributed by atoms with van der Waals surface area (Å²) in [5.74, 6) is -3.91. The molecule has 0 spiro atoms. The van der Waals surface area contributed by atoms with Gasteiger partial charge in [0.1, 0.15) is 17.4 Å². The molecule has 1 aliphatic rings. The van der Waals surface area contributed by atoms with Gasteiger partial charge in [0.2, 0.25) is 11.8 Å². The molecule has 3 amide bonds. The second-order valence-electron chi connectivity index (χ2n) is 12.6. The number of halogens is 4. The number of fused-ring (bicyclic) bond motifs is 3. The predicted molar refractivity (Wildman–Crippen MR) is 177 cm³/mol. The Morgan fingerprint density at radius 3 is 2.25 bits per heavy atom. The minimum absolute atomic E-state index is 0.00463. The van der Waals surface area contributed by atoms with E-state index in [2.05, 4.69) is 20.9 Å². The first-order valence-corrected chi connectivity index (χ1v) is 16.3. The zero-order valence-electron chi connectivity index (χ0n) is 27.1. The van der Waals surface area contributed by atoms with Crippen LogP contribution in [0.2, 0.25) is 0 Å². The molecule has 0 saturated carbocycles. The van der Waals surface area contributed by atoms with E-state index in [0.717, 1.165) is 12.1 Å². The Balaban J connectivity index is 1.74. The molecule has 9 nitrogen and oxygen atoms in total. The lowest BCUT2D eigenvalue weighted by molar-refractivity contribution is -0.139. The Morgan fingerprint density at radius 2 is 1.65 bits per heavy atom. The van der Waals surface area contributed by atoms with E-state index in [9.17, 15) is 37.1 Å². The van der Waals surface area contributed by atoms with Crippen molar-refractivity contribution < 1.29 is 37.1 Å². The molecule has 0 saturated heterocycles. The van der Waals surface area contributed by atoms with Crippen LogP contribution in [0.1, 0.15) is 75.4 Å². The van der Waals surface area contributed by atoms with Crippen molar-refractivity contribution in [3.63, 3.8) is 0 Å². The maximum Gasteiger partial charge on any atom is 0.418 e. The number of aromatic nitrogens is 1. The van der Waals surface area contributed by atoms with Crippen LogP contribution in [0.4, 0.5) is 17.6 Å². The van der Waals surface area contributed by atoms with Gasteiger partial charge in [-0.3, -0.25) is 14.4 Å². The summed E-state index contributed by atoms with van der Waals surface area (Å²) in [5, 5.41) is 19.2. The number of amides is 3. The fourth-order valence-corrected chi connectivity index (χ4v) is 6.45. The van der Waals surface area contributed by atoms with Gasteiger partial charge in [-0.15, -0.1) is 0 Å². The minimum atomic E-state index is -4.63. The second kappa shape index (κ2) is 14.6. The lowest BCUT2D eigenvalue weighted by atomic mass is 9.78. The van der Waals surface area contributed by atoms with Gasteiger partial charge in [0.05, 0.1) is 22.1 Å². The highest BCUT2D eigenvalue weighted by molar-refractivity contribution is 7.80. The van der Waals surface area contributed by atoms with Crippen LogP contribution in [0.25, 0.3) is 10.9 Å². The number of para-hydroxylation sites is 1. The second-order valence-corrected chi connectivity index (χ2v) is 13.1. The Bertz CT molecular complexity index is 1700. The molecule has 0 fully saturated rings. The summed E-state index contributed by atoms with van der Waals surface area (Å²) in [4.78, 5) is 44.5. The van der Waals surface area contributed by atoms with Gasteiger partial charge in [0.25, 0.3) is 5.91 Å². The summed E-state index contributed by atoms with van der Waals surface area (Å²) in [6.07, 6.45) is -5.61. The molecule has 0 aliphatic heterocycles. The number of alkyl halides is 3. The maximum absolute atomic E-state index is 14.4. The van der Waals surface area contributed by atoms with Crippen molar-refractivity contribution in [2.45, 2.75) is 89.7 Å². The van der Waals surface area contributed by atoms with E-state index in [-0.39, 0.29) is 46.6 Å². The molecule has 0 bridgehead atoms. The van der Waals surface area contributed by atoms with Crippen LogP contribution in [-0.4, -0.2) is 50.4 Å². The molecule has 260 valence electrons. The van der Waals surface area contributed by atoms with Crippen LogP contribution in [0.15, 0.2) is 42.5 Å². The van der Waals surface area contributed by atoms with Gasteiger partial charge in [0, 0.05) is 23.1 Å². The highest BCUT2D eigenvalue weighted by atomic mass is 32.1. The van der Waals surface area contributed by atoms with Gasteiger partial charge in [-0.1, -0.05) is 83.1 Å². The van der Waals surface area contributed by atoms with Gasteiger partial charge in [-0.25, -0.2) is 4.39 Å². The van der Waals surface area contributed by atoms with Gasteiger partial charge >= 0.3 is 6.18 Å². The van der Waals surface area contributed by atoms with E-state index in [0.29, 0.717) is 24.1 Å². The number of aryl methyl sites for hydroxylation is 1. The van der Waals surface area contributed by atoms with Crippen molar-refractivity contribution in [3.05, 3.63) is 70.7 Å². The number of H-pyrrole nitrogens is 1. The van der Waals surface area contributed by atoms with Crippen LogP contribution in [0.3, 0.4) is 0 Å². The first kappa shape index (κ1) is 36.8. The summed E-state index contributed by atoms with van der Waals surface area (Å²) in [6, 6.07) is 6.97. The number of hydrogen-bond donors (Lipinski definition) is 6. The predicted octanol–water partition coefficient (Wildman–Crippen LogP) is 4.75. The van der Waals surface area contributed by atoms with Crippen molar-refractivity contribution in [1.29, 1.82) is 0 Å². The van der Waals surface area contributed by atoms with Crippen LogP contribution in [-0.2, 0) is 33.4 Å². The lowest BCUT2D eigenvalue weighted by Crippen LogP contribution is -2.67. The summed E-state index contributed by atoms with van der Waals surface area (Å²) >= 11 is 5.24. The molecule has 48 heavy (non-hydrogen) atoms. The molecule has 0 radical (unpaired) electrons. The molecule has 3 unspecified atom stereocenters. The molecule has 1 aromatic heterocycles. The van der Waals surface area contributed by atoms with Crippen LogP contribution in [0, 0.1) is 17.7 Å². The monoisotopic (exact) mass is 691 g/mol. The Labute approximate surface area is 281 Å². The van der Waals surface area contributed by atoms with Gasteiger partial charge in [-0.2, -0.15) is 13.2 Å². The molecule has 2 aromatic carbocycles. The number of hydrogen-bond acceptors (Lipinski definition) is 5. The largest absolute Gasteiger partial charge is 0.418 e. The molecule has 7 N–H and O–H groups in total. The molecule has 1 aliphatic carbocycles. The maximum atomic E-state index is 14.4. The number of thiocarbonyl (C=S) groups is 1. The molecular weight excluding hydrogens is 650 g/mol. The average Bonchev–Trinajstić information content (AvgIpc) is 3.41. The standard InChI is InChI=1S/C34H41F4N5O4S/c1-5-17(3)25(29(39)48)42-32(47)33(15-14-24-21(16-33)19-11-9-12-22(27(19)40-24)34(36,37)38)43-30(45)26(18(4)6-2)41-31(46)28(44)20-10-7-8-13-23(20)35/h7-13,17-18,25-26,28,40,44H,5-6,14-16H2,1-4H3,(H2,39,48)(H,41,46)(H,42,47)(H,43,45)/t17-,18?,25?,26?,28-,33+/m0/s1. The number of aromatic amines is 1. The van der Waals surface area contributed by atoms with Crippen LogP contribution in [0.5, 0.6) is 0 Å². The third-order valence-corrected chi connectivity index (χ3v) is 9.71. The van der Waals surface area contributed by atoms with E-state index in [1.807, 2.05) is 13.8 Å². The zero-order chi connectivity index (χ0) is 35.6. The average molecular weight is 692 g/mol. The topological polar surface area (TPSA) is 149 Å². The summed E-state index contributed by atoms with van der Waals surface area (Å²) < 4.78 is 56.1. The first-order chi connectivity index (χ1) is 22.5. The SMILES string of the molecule is CCC(C)C(NC(=O)[C@@H](O)c1ccccc1F)C(=O)N[C@]1(C(=O)NC(C(N)=S)[C@@H](C)CC)CCc2[nH]c3c(C(F)(F)F)cccc3c2C1. The zero-order valence-corrected chi connectivity index (χ0v) is 27.9. The van der Waals surface area contributed by atoms with Crippen LogP contribution < -0.4 is 21.7 Å². The number of carbonyl (C=O) groups excluding carboxylic acids is 3. The van der Waals surface area contributed by atoms with E-state index in [4.69, 9.17) is 18.0 Å². The summed E-state index contributed by atoms with van der Waals surface area (Å²) in [7, 11) is 0. The molecule has 4 rings (SSSR count). The minimum Gasteiger partial charge on any atom is -0.392 e. The molecule has 14 heteroatoms. The summed E-state index contributed by atoms with van der Waals surface area (Å²) in [5.41, 5.74) is 4.00. The van der Waals surface area contributed by atoms with Crippen LogP contribution >= 0.6 is 12.2 Å². The van der Waals surface area contributed by atoms with E-state index < -0.39 is 64.9 Å². The molecule has 1 heterocycles. The Morgan fingerprint density at radius 1 is 1.00 bits per heavy atom. The fraction of sp³-hybridized carbons (Fsp3) is 0.471. The Hall–Kier alpha value is -4.04. The van der Waals surface area contributed by atoms with Gasteiger partial charge < -0.3 is 31.8 Å². The highest BCUT2D eigenvalue weighted by Gasteiger charge is 2.47. The smallest absolute Gasteiger partial charge is 0.392 e. The van der Waals surface area contributed by atoms with Crippen molar-refractivity contribution in [2.75, 3.05) is 0 Å². The molecule has 6 atom stereocenters. The van der Waals surface area contributed by atoms with Crippen molar-refractivity contribution >= 4 is 45.8 Å². The van der Waals surface area contributed by atoms with Crippen molar-refractivity contribution in [1.82, 2.24) is 20.9 Å².